The van der Waals surface area contributed by atoms with E-state index < -0.39 is 0 Å². The molecule has 0 N–H and O–H groups in total. The first kappa shape index (κ1) is 16.1. The van der Waals surface area contributed by atoms with Crippen LogP contribution in [0.25, 0.3) is 0 Å². The molecule has 0 fully saturated rings. The maximum Gasteiger partial charge on any atom is 0.127 e. The van der Waals surface area contributed by atoms with E-state index in [0.29, 0.717) is 0 Å². The standard InChI is InChI=1S/C18H29O/c1-5-6-7-9-16(12-15(2)3)13-17-10-8-11-18(14-17)19-4/h8,10,14-16H,5-7,9,12-13H2,1-4H3. The van der Waals surface area contributed by atoms with Crippen molar-refractivity contribution in [1.29, 1.82) is 0 Å². The Morgan fingerprint density at radius 3 is 2.68 bits per heavy atom. The van der Waals surface area contributed by atoms with Gasteiger partial charge >= 0.3 is 0 Å². The summed E-state index contributed by atoms with van der Waals surface area (Å²) < 4.78 is 5.26. The van der Waals surface area contributed by atoms with Crippen LogP contribution in [0.15, 0.2) is 18.2 Å². The molecule has 0 saturated carbocycles. The predicted octanol–water partition coefficient (Wildman–Crippen LogP) is 5.28. The summed E-state index contributed by atoms with van der Waals surface area (Å²) in [5.74, 6) is 2.44. The monoisotopic (exact) mass is 261 g/mol. The van der Waals surface area contributed by atoms with Crippen LogP contribution < -0.4 is 4.74 Å². The van der Waals surface area contributed by atoms with Crippen LogP contribution >= 0.6 is 0 Å². The van der Waals surface area contributed by atoms with E-state index in [0.717, 1.165) is 17.6 Å². The van der Waals surface area contributed by atoms with E-state index in [4.69, 9.17) is 4.74 Å². The minimum absolute atomic E-state index is 0.781. The van der Waals surface area contributed by atoms with Crippen LogP contribution in [0.5, 0.6) is 5.75 Å². The summed E-state index contributed by atoms with van der Waals surface area (Å²) >= 11 is 0. The van der Waals surface area contributed by atoms with Gasteiger partial charge in [-0.2, -0.15) is 0 Å². The number of hydrogen-bond acceptors (Lipinski definition) is 1. The number of unbranched alkanes of at least 4 members (excludes halogenated alkanes) is 2. The van der Waals surface area contributed by atoms with Crippen molar-refractivity contribution in [3.8, 4) is 5.75 Å². The van der Waals surface area contributed by atoms with Crippen molar-refractivity contribution in [3.63, 3.8) is 0 Å². The lowest BCUT2D eigenvalue weighted by atomic mass is 9.87. The molecule has 0 aliphatic rings. The number of hydrogen-bond donors (Lipinski definition) is 0. The Labute approximate surface area is 119 Å². The second-order valence-electron chi connectivity index (χ2n) is 5.96. The molecule has 19 heavy (non-hydrogen) atoms. The summed E-state index contributed by atoms with van der Waals surface area (Å²) in [4.78, 5) is 0. The van der Waals surface area contributed by atoms with Crippen LogP contribution in [0.3, 0.4) is 0 Å². The molecule has 107 valence electrons. The van der Waals surface area contributed by atoms with E-state index in [9.17, 15) is 0 Å². The highest BCUT2D eigenvalue weighted by molar-refractivity contribution is 5.27. The zero-order valence-corrected chi connectivity index (χ0v) is 13.0. The van der Waals surface area contributed by atoms with Crippen molar-refractivity contribution in [2.24, 2.45) is 11.8 Å². The SMILES string of the molecule is CCCCCC(Cc1cc[c]c(OC)c1)CC(C)C. The van der Waals surface area contributed by atoms with Crippen molar-refractivity contribution in [1.82, 2.24) is 0 Å². The van der Waals surface area contributed by atoms with Gasteiger partial charge in [0.1, 0.15) is 5.75 Å². The molecule has 1 radical (unpaired) electrons. The highest BCUT2D eigenvalue weighted by Gasteiger charge is 2.12. The summed E-state index contributed by atoms with van der Waals surface area (Å²) in [6.07, 6.45) is 7.89. The van der Waals surface area contributed by atoms with E-state index in [1.54, 1.807) is 7.11 Å². The van der Waals surface area contributed by atoms with Crippen LogP contribution in [0.4, 0.5) is 0 Å². The van der Waals surface area contributed by atoms with Gasteiger partial charge in [-0.3, -0.25) is 0 Å². The van der Waals surface area contributed by atoms with Crippen molar-refractivity contribution >= 4 is 0 Å². The molecule has 1 heteroatoms. The van der Waals surface area contributed by atoms with Crippen molar-refractivity contribution in [2.75, 3.05) is 7.11 Å². The lowest BCUT2D eigenvalue weighted by Gasteiger charge is -2.19. The number of methoxy groups -OCH3 is 1. The molecular formula is C18H29O. The lowest BCUT2D eigenvalue weighted by molar-refractivity contribution is 0.369. The molecule has 1 aromatic rings. The molecule has 0 saturated heterocycles. The maximum atomic E-state index is 5.26. The first-order valence-electron chi connectivity index (χ1n) is 7.70. The van der Waals surface area contributed by atoms with Crippen LogP contribution in [-0.2, 0) is 6.42 Å². The fourth-order valence-electron chi connectivity index (χ4n) is 2.72. The van der Waals surface area contributed by atoms with Gasteiger partial charge in [0.25, 0.3) is 0 Å². The summed E-state index contributed by atoms with van der Waals surface area (Å²) in [6, 6.07) is 9.39. The van der Waals surface area contributed by atoms with Crippen LogP contribution in [0, 0.1) is 17.9 Å². The molecule has 0 bridgehead atoms. The third-order valence-electron chi connectivity index (χ3n) is 3.60. The van der Waals surface area contributed by atoms with Gasteiger partial charge in [-0.05, 0) is 36.3 Å². The van der Waals surface area contributed by atoms with E-state index >= 15 is 0 Å². The smallest absolute Gasteiger partial charge is 0.127 e. The number of rotatable bonds is 9. The number of ether oxygens (including phenoxy) is 1. The van der Waals surface area contributed by atoms with Gasteiger partial charge in [-0.25, -0.2) is 0 Å². The Kier molecular flexibility index (Phi) is 7.62. The average molecular weight is 261 g/mol. The molecule has 0 aliphatic carbocycles. The Balaban J connectivity index is 2.58. The van der Waals surface area contributed by atoms with E-state index in [1.807, 2.05) is 6.07 Å². The maximum absolute atomic E-state index is 5.26. The van der Waals surface area contributed by atoms with Gasteiger partial charge in [0.15, 0.2) is 0 Å². The fourth-order valence-corrected chi connectivity index (χ4v) is 2.72. The predicted molar refractivity (Wildman–Crippen MR) is 82.6 cm³/mol. The topological polar surface area (TPSA) is 9.23 Å². The minimum atomic E-state index is 0.781. The molecule has 1 aromatic carbocycles. The Bertz CT molecular complexity index is 343. The number of benzene rings is 1. The first-order chi connectivity index (χ1) is 9.15. The Morgan fingerprint density at radius 1 is 1.26 bits per heavy atom. The normalized spacial score (nSPS) is 12.7. The zero-order valence-electron chi connectivity index (χ0n) is 13.0. The van der Waals surface area contributed by atoms with E-state index in [-0.39, 0.29) is 0 Å². The highest BCUT2D eigenvalue weighted by atomic mass is 16.5. The van der Waals surface area contributed by atoms with Gasteiger partial charge in [0.2, 0.25) is 0 Å². The molecule has 0 spiro atoms. The Morgan fingerprint density at radius 2 is 2.05 bits per heavy atom. The van der Waals surface area contributed by atoms with Crippen molar-refractivity contribution < 1.29 is 4.74 Å². The molecule has 0 amide bonds. The van der Waals surface area contributed by atoms with E-state index in [1.165, 1.54) is 44.1 Å². The summed E-state index contributed by atoms with van der Waals surface area (Å²) in [7, 11) is 1.71. The molecule has 1 unspecified atom stereocenters. The lowest BCUT2D eigenvalue weighted by Crippen LogP contribution is -2.08. The van der Waals surface area contributed by atoms with E-state index in [2.05, 4.69) is 39.0 Å². The summed E-state index contributed by atoms with van der Waals surface area (Å²) in [5.41, 5.74) is 1.39. The zero-order chi connectivity index (χ0) is 14.1. The second-order valence-corrected chi connectivity index (χ2v) is 5.96. The second kappa shape index (κ2) is 9.01. The van der Waals surface area contributed by atoms with Crippen molar-refractivity contribution in [2.45, 2.75) is 59.3 Å². The molecule has 1 rings (SSSR count). The van der Waals surface area contributed by atoms with Crippen LogP contribution in [-0.4, -0.2) is 7.11 Å². The largest absolute Gasteiger partial charge is 0.496 e. The molecule has 0 heterocycles. The minimum Gasteiger partial charge on any atom is -0.496 e. The van der Waals surface area contributed by atoms with Gasteiger partial charge < -0.3 is 4.74 Å². The van der Waals surface area contributed by atoms with Gasteiger partial charge in [-0.1, -0.05) is 58.6 Å². The quantitative estimate of drug-likeness (QED) is 0.549. The molecule has 0 aliphatic heterocycles. The average Bonchev–Trinajstić information content (AvgIpc) is 2.38. The van der Waals surface area contributed by atoms with Gasteiger partial charge in [0, 0.05) is 6.07 Å². The summed E-state index contributed by atoms with van der Waals surface area (Å²) in [5, 5.41) is 0. The molecule has 1 nitrogen and oxygen atoms in total. The van der Waals surface area contributed by atoms with Crippen LogP contribution in [0.1, 0.15) is 58.4 Å². The first-order valence-corrected chi connectivity index (χ1v) is 7.70. The summed E-state index contributed by atoms with van der Waals surface area (Å²) in [6.45, 7) is 6.92. The Hall–Kier alpha value is -0.980. The highest BCUT2D eigenvalue weighted by Crippen LogP contribution is 2.24. The van der Waals surface area contributed by atoms with Crippen LogP contribution in [0.2, 0.25) is 0 Å². The van der Waals surface area contributed by atoms with Gasteiger partial charge in [-0.15, -0.1) is 0 Å². The van der Waals surface area contributed by atoms with Crippen molar-refractivity contribution in [3.05, 3.63) is 29.8 Å². The fraction of sp³-hybridized carbons (Fsp3) is 0.667. The van der Waals surface area contributed by atoms with Gasteiger partial charge in [0.05, 0.1) is 7.11 Å². The third-order valence-corrected chi connectivity index (χ3v) is 3.60. The third kappa shape index (κ3) is 6.66. The molecular weight excluding hydrogens is 232 g/mol. The molecule has 0 aromatic heterocycles. The molecule has 1 atom stereocenters.